The van der Waals surface area contributed by atoms with Gasteiger partial charge in [-0.15, -0.1) is 0 Å². The lowest BCUT2D eigenvalue weighted by Gasteiger charge is -2.25. The van der Waals surface area contributed by atoms with E-state index in [1.165, 1.54) is 5.56 Å². The molecule has 0 heterocycles. The topological polar surface area (TPSA) is 66.5 Å². The first-order chi connectivity index (χ1) is 10.1. The average Bonchev–Trinajstić information content (AvgIpc) is 2.51. The number of phenols is 1. The van der Waals surface area contributed by atoms with Crippen LogP contribution >= 0.6 is 0 Å². The van der Waals surface area contributed by atoms with Gasteiger partial charge in [-0.05, 0) is 48.8 Å². The van der Waals surface area contributed by atoms with Gasteiger partial charge >= 0.3 is 0 Å². The van der Waals surface area contributed by atoms with Crippen molar-refractivity contribution in [1.82, 2.24) is 0 Å². The summed E-state index contributed by atoms with van der Waals surface area (Å²) < 4.78 is 0. The number of nitrogens with two attached hydrogens (primary N) is 1. The van der Waals surface area contributed by atoms with Crippen LogP contribution in [0.4, 0.5) is 5.69 Å². The Kier molecular flexibility index (Phi) is 3.84. The van der Waals surface area contributed by atoms with Gasteiger partial charge in [0.15, 0.2) is 0 Å². The van der Waals surface area contributed by atoms with Gasteiger partial charge in [-0.2, -0.15) is 0 Å². The molecule has 1 aliphatic carbocycles. The molecule has 2 aromatic carbocycles. The highest BCUT2D eigenvalue weighted by Gasteiger charge is 2.20. The number of phenolic OH excluding ortho intramolecular Hbond substituents is 1. The predicted octanol–water partition coefficient (Wildman–Crippen LogP) is 3.66. The maximum Gasteiger partial charge on any atom is 0.139 e. The van der Waals surface area contributed by atoms with E-state index in [0.717, 1.165) is 36.8 Å². The van der Waals surface area contributed by atoms with E-state index < -0.39 is 0 Å². The minimum atomic E-state index is -0.118. The lowest BCUT2D eigenvalue weighted by atomic mass is 9.82. The molecule has 110 valence electrons. The van der Waals surface area contributed by atoms with Crippen LogP contribution in [0.3, 0.4) is 0 Å². The zero-order valence-electron chi connectivity index (χ0n) is 12.0. The first-order valence-corrected chi connectivity index (χ1v) is 7.51. The van der Waals surface area contributed by atoms with Crippen LogP contribution in [0.5, 0.6) is 5.75 Å². The summed E-state index contributed by atoms with van der Waals surface area (Å²) in [6, 6.07) is 13.7. The third-order valence-corrected chi connectivity index (χ3v) is 4.47. The number of aromatic hydroxyl groups is 1. The Morgan fingerprint density at radius 2 is 1.57 bits per heavy atom. The molecule has 0 unspecified atom stereocenters. The van der Waals surface area contributed by atoms with Gasteiger partial charge in [-0.3, -0.25) is 0 Å². The molecule has 1 aliphatic rings. The Balaban J connectivity index is 1.82. The second-order valence-corrected chi connectivity index (χ2v) is 5.87. The second-order valence-electron chi connectivity index (χ2n) is 5.87. The third kappa shape index (κ3) is 2.88. The van der Waals surface area contributed by atoms with Crippen LogP contribution in [0, 0.1) is 0 Å². The molecule has 2 aromatic rings. The lowest BCUT2D eigenvalue weighted by molar-refractivity contribution is 0.122. The Morgan fingerprint density at radius 3 is 2.24 bits per heavy atom. The first-order valence-electron chi connectivity index (χ1n) is 7.51. The molecule has 21 heavy (non-hydrogen) atoms. The maximum absolute atomic E-state index is 9.70. The summed E-state index contributed by atoms with van der Waals surface area (Å²) >= 11 is 0. The number of aliphatic hydroxyl groups excluding tert-OH is 1. The van der Waals surface area contributed by atoms with Gasteiger partial charge in [0.2, 0.25) is 0 Å². The fourth-order valence-corrected chi connectivity index (χ4v) is 3.15. The van der Waals surface area contributed by atoms with Crippen molar-refractivity contribution in [2.75, 3.05) is 5.73 Å². The van der Waals surface area contributed by atoms with Crippen LogP contribution in [0.2, 0.25) is 0 Å². The molecule has 3 heteroatoms. The van der Waals surface area contributed by atoms with Gasteiger partial charge in [0.25, 0.3) is 0 Å². The number of hydrogen-bond acceptors (Lipinski definition) is 3. The van der Waals surface area contributed by atoms with E-state index in [1.807, 2.05) is 6.07 Å². The summed E-state index contributed by atoms with van der Waals surface area (Å²) in [5.74, 6) is 0.668. The van der Waals surface area contributed by atoms with Crippen LogP contribution < -0.4 is 5.73 Å². The highest BCUT2D eigenvalue weighted by molar-refractivity contribution is 5.80. The van der Waals surface area contributed by atoms with Gasteiger partial charge < -0.3 is 15.9 Å². The van der Waals surface area contributed by atoms with E-state index in [0.29, 0.717) is 11.6 Å². The van der Waals surface area contributed by atoms with Crippen LogP contribution in [0.15, 0.2) is 42.5 Å². The molecule has 0 aromatic heterocycles. The summed E-state index contributed by atoms with van der Waals surface area (Å²) in [5.41, 5.74) is 9.56. The highest BCUT2D eigenvalue weighted by Crippen LogP contribution is 2.36. The minimum absolute atomic E-state index is 0.118. The van der Waals surface area contributed by atoms with Gasteiger partial charge in [0, 0.05) is 5.56 Å². The summed E-state index contributed by atoms with van der Waals surface area (Å²) in [6.45, 7) is 0. The molecular weight excluding hydrogens is 262 g/mol. The Morgan fingerprint density at radius 1 is 0.905 bits per heavy atom. The van der Waals surface area contributed by atoms with Crippen LogP contribution in [0.1, 0.15) is 37.2 Å². The summed E-state index contributed by atoms with van der Waals surface area (Å²) in [4.78, 5) is 0. The van der Waals surface area contributed by atoms with Gasteiger partial charge in [-0.1, -0.05) is 36.4 Å². The molecule has 0 amide bonds. The van der Waals surface area contributed by atoms with Crippen molar-refractivity contribution in [3.05, 3.63) is 48.0 Å². The number of rotatable bonds is 2. The van der Waals surface area contributed by atoms with E-state index in [2.05, 4.69) is 24.3 Å². The van der Waals surface area contributed by atoms with E-state index >= 15 is 0 Å². The normalized spacial score (nSPS) is 22.1. The highest BCUT2D eigenvalue weighted by atomic mass is 16.3. The molecule has 0 atom stereocenters. The van der Waals surface area contributed by atoms with Crippen molar-refractivity contribution in [2.24, 2.45) is 0 Å². The van der Waals surface area contributed by atoms with Crippen LogP contribution in [0.25, 0.3) is 11.1 Å². The second kappa shape index (κ2) is 5.78. The Bertz CT molecular complexity index is 614. The van der Waals surface area contributed by atoms with Gasteiger partial charge in [0.05, 0.1) is 11.8 Å². The quantitative estimate of drug-likeness (QED) is 0.582. The monoisotopic (exact) mass is 283 g/mol. The van der Waals surface area contributed by atoms with Crippen molar-refractivity contribution in [3.63, 3.8) is 0 Å². The van der Waals surface area contributed by atoms with E-state index in [9.17, 15) is 10.2 Å². The smallest absolute Gasteiger partial charge is 0.139 e. The molecule has 0 radical (unpaired) electrons. The number of anilines is 1. The van der Waals surface area contributed by atoms with Crippen molar-refractivity contribution in [1.29, 1.82) is 0 Å². The standard InChI is InChI=1S/C18H21NO2/c19-18-16(2-1-3-17(18)21)14-6-4-12(5-7-14)13-8-10-15(20)11-9-13/h1-7,13,15,20-21H,8-11,19H2. The SMILES string of the molecule is Nc1c(O)cccc1-c1ccc(C2CCC(O)CC2)cc1. The summed E-state index contributed by atoms with van der Waals surface area (Å²) in [6.07, 6.45) is 3.77. The zero-order valence-corrected chi connectivity index (χ0v) is 12.0. The molecule has 0 saturated heterocycles. The molecule has 1 fully saturated rings. The molecule has 3 nitrogen and oxygen atoms in total. The van der Waals surface area contributed by atoms with Crippen molar-refractivity contribution in [3.8, 4) is 16.9 Å². The molecule has 0 spiro atoms. The fourth-order valence-electron chi connectivity index (χ4n) is 3.15. The molecule has 0 bridgehead atoms. The van der Waals surface area contributed by atoms with E-state index in [4.69, 9.17) is 5.73 Å². The molecule has 3 rings (SSSR count). The number of aliphatic hydroxyl groups is 1. The minimum Gasteiger partial charge on any atom is -0.506 e. The van der Waals surface area contributed by atoms with Crippen molar-refractivity contribution in [2.45, 2.75) is 37.7 Å². The average molecular weight is 283 g/mol. The molecule has 1 saturated carbocycles. The van der Waals surface area contributed by atoms with Gasteiger partial charge in [-0.25, -0.2) is 0 Å². The maximum atomic E-state index is 9.70. The van der Waals surface area contributed by atoms with E-state index in [-0.39, 0.29) is 11.9 Å². The predicted molar refractivity (Wildman–Crippen MR) is 85.2 cm³/mol. The zero-order chi connectivity index (χ0) is 14.8. The third-order valence-electron chi connectivity index (χ3n) is 4.47. The van der Waals surface area contributed by atoms with Crippen molar-refractivity contribution < 1.29 is 10.2 Å². The lowest BCUT2D eigenvalue weighted by Crippen LogP contribution is -2.16. The summed E-state index contributed by atoms with van der Waals surface area (Å²) in [7, 11) is 0. The molecule has 0 aliphatic heterocycles. The van der Waals surface area contributed by atoms with Crippen LogP contribution in [-0.4, -0.2) is 16.3 Å². The van der Waals surface area contributed by atoms with Gasteiger partial charge in [0.1, 0.15) is 5.75 Å². The largest absolute Gasteiger partial charge is 0.506 e. The van der Waals surface area contributed by atoms with E-state index in [1.54, 1.807) is 12.1 Å². The first kappa shape index (κ1) is 14.0. The number of para-hydroxylation sites is 1. The van der Waals surface area contributed by atoms with Crippen LogP contribution in [-0.2, 0) is 0 Å². The molecular formula is C18H21NO2. The number of hydrogen-bond donors (Lipinski definition) is 3. The Labute approximate surface area is 125 Å². The fraction of sp³-hybridized carbons (Fsp3) is 0.333. The van der Waals surface area contributed by atoms with Crippen molar-refractivity contribution >= 4 is 5.69 Å². The summed E-state index contributed by atoms with van der Waals surface area (Å²) in [5, 5.41) is 19.3. The Hall–Kier alpha value is -2.00. The number of nitrogen functional groups attached to an aromatic ring is 1. The molecule has 4 N–H and O–H groups in total. The number of benzene rings is 2.